The highest BCUT2D eigenvalue weighted by molar-refractivity contribution is 4.60. The summed E-state index contributed by atoms with van der Waals surface area (Å²) in [5.74, 6) is 0. The van der Waals surface area contributed by atoms with Crippen molar-refractivity contribution >= 4 is 0 Å². The van der Waals surface area contributed by atoms with Crippen LogP contribution in [0.25, 0.3) is 0 Å². The first-order valence-corrected chi connectivity index (χ1v) is 4.60. The van der Waals surface area contributed by atoms with Crippen LogP contribution in [0.2, 0.25) is 0 Å². The standard InChI is InChI=1S/C7H14O.C2H6O/c8-7-5-3-1-2-4-6-7;1-2-3/h7-8H,1-6H2;3H,2H2,1H3. The van der Waals surface area contributed by atoms with Gasteiger partial charge >= 0.3 is 0 Å². The highest BCUT2D eigenvalue weighted by Gasteiger charge is 2.06. The SMILES string of the molecule is CCO.OC1CCCCCC1. The minimum absolute atomic E-state index is 0.0255. The molecule has 2 heteroatoms. The fraction of sp³-hybridized carbons (Fsp3) is 1.00. The molecule has 1 aliphatic carbocycles. The van der Waals surface area contributed by atoms with Crippen LogP contribution in [0.5, 0.6) is 0 Å². The summed E-state index contributed by atoms with van der Waals surface area (Å²) in [5.41, 5.74) is 0. The molecule has 2 N–H and O–H groups in total. The number of hydrogen-bond acceptors (Lipinski definition) is 2. The van der Waals surface area contributed by atoms with Crippen LogP contribution in [-0.4, -0.2) is 22.9 Å². The molecule has 0 heterocycles. The summed E-state index contributed by atoms with van der Waals surface area (Å²) in [6.07, 6.45) is 7.24. The first-order chi connectivity index (χ1) is 5.31. The molecule has 1 saturated carbocycles. The average molecular weight is 160 g/mol. The number of aliphatic hydroxyl groups excluding tert-OH is 2. The van der Waals surface area contributed by atoms with E-state index < -0.39 is 0 Å². The lowest BCUT2D eigenvalue weighted by atomic mass is 10.2. The van der Waals surface area contributed by atoms with Crippen molar-refractivity contribution in [1.29, 1.82) is 0 Å². The highest BCUT2D eigenvalue weighted by atomic mass is 16.3. The fourth-order valence-corrected chi connectivity index (χ4v) is 1.26. The third-order valence-electron chi connectivity index (χ3n) is 1.82. The van der Waals surface area contributed by atoms with E-state index >= 15 is 0 Å². The van der Waals surface area contributed by atoms with E-state index in [0.29, 0.717) is 0 Å². The van der Waals surface area contributed by atoms with Crippen LogP contribution >= 0.6 is 0 Å². The predicted molar refractivity (Wildman–Crippen MR) is 46.5 cm³/mol. The average Bonchev–Trinajstić information content (AvgIpc) is 2.18. The Morgan fingerprint density at radius 3 is 1.82 bits per heavy atom. The van der Waals surface area contributed by atoms with Gasteiger partial charge in [-0.25, -0.2) is 0 Å². The monoisotopic (exact) mass is 160 g/mol. The molecule has 0 spiro atoms. The molecule has 0 aromatic carbocycles. The Morgan fingerprint density at radius 2 is 1.45 bits per heavy atom. The van der Waals surface area contributed by atoms with Gasteiger partial charge in [0.25, 0.3) is 0 Å². The molecule has 1 aliphatic rings. The maximum absolute atomic E-state index is 9.09. The third kappa shape index (κ3) is 7.82. The predicted octanol–water partition coefficient (Wildman–Crippen LogP) is 1.70. The Morgan fingerprint density at radius 1 is 1.09 bits per heavy atom. The van der Waals surface area contributed by atoms with Gasteiger partial charge in [0.2, 0.25) is 0 Å². The van der Waals surface area contributed by atoms with Crippen molar-refractivity contribution in [2.75, 3.05) is 6.61 Å². The van der Waals surface area contributed by atoms with Crippen molar-refractivity contribution in [2.24, 2.45) is 0 Å². The summed E-state index contributed by atoms with van der Waals surface area (Å²) < 4.78 is 0. The summed E-state index contributed by atoms with van der Waals surface area (Å²) in [4.78, 5) is 0. The molecule has 0 aliphatic heterocycles. The van der Waals surface area contributed by atoms with Gasteiger partial charge in [-0.15, -0.1) is 0 Å². The zero-order chi connectivity index (χ0) is 8.53. The first-order valence-electron chi connectivity index (χ1n) is 4.60. The summed E-state index contributed by atoms with van der Waals surface area (Å²) in [7, 11) is 0. The number of aliphatic hydroxyl groups is 2. The Bertz CT molecular complexity index is 66.0. The zero-order valence-electron chi connectivity index (χ0n) is 7.42. The molecule has 2 nitrogen and oxygen atoms in total. The Hall–Kier alpha value is -0.0800. The molecule has 1 rings (SSSR count). The van der Waals surface area contributed by atoms with E-state index in [1.54, 1.807) is 6.92 Å². The molecular formula is C9H20O2. The number of rotatable bonds is 0. The van der Waals surface area contributed by atoms with Crippen molar-refractivity contribution in [1.82, 2.24) is 0 Å². The lowest BCUT2D eigenvalue weighted by Gasteiger charge is -2.02. The van der Waals surface area contributed by atoms with E-state index in [9.17, 15) is 0 Å². The van der Waals surface area contributed by atoms with Crippen molar-refractivity contribution in [3.8, 4) is 0 Å². The summed E-state index contributed by atoms with van der Waals surface area (Å²) in [6.45, 7) is 1.93. The van der Waals surface area contributed by atoms with E-state index in [0.717, 1.165) is 12.8 Å². The molecule has 0 unspecified atom stereocenters. The first kappa shape index (κ1) is 10.9. The van der Waals surface area contributed by atoms with Gasteiger partial charge in [0.05, 0.1) is 6.10 Å². The van der Waals surface area contributed by atoms with E-state index in [-0.39, 0.29) is 12.7 Å². The second-order valence-corrected chi connectivity index (χ2v) is 2.96. The Labute approximate surface area is 69.2 Å². The molecule has 0 radical (unpaired) electrons. The molecule has 0 atom stereocenters. The summed E-state index contributed by atoms with van der Waals surface area (Å²) in [6, 6.07) is 0. The Balaban J connectivity index is 0.000000292. The quantitative estimate of drug-likeness (QED) is 0.529. The lowest BCUT2D eigenvalue weighted by molar-refractivity contribution is 0.157. The van der Waals surface area contributed by atoms with Gasteiger partial charge in [-0.3, -0.25) is 0 Å². The van der Waals surface area contributed by atoms with Crippen molar-refractivity contribution in [3.05, 3.63) is 0 Å². The van der Waals surface area contributed by atoms with Gasteiger partial charge in [0.1, 0.15) is 0 Å². The van der Waals surface area contributed by atoms with Crippen molar-refractivity contribution < 1.29 is 10.2 Å². The smallest absolute Gasteiger partial charge is 0.0540 e. The molecule has 0 saturated heterocycles. The molecular weight excluding hydrogens is 140 g/mol. The second kappa shape index (κ2) is 8.02. The van der Waals surface area contributed by atoms with Crippen LogP contribution in [0.1, 0.15) is 45.4 Å². The van der Waals surface area contributed by atoms with Gasteiger partial charge in [0.15, 0.2) is 0 Å². The third-order valence-corrected chi connectivity index (χ3v) is 1.82. The minimum Gasteiger partial charge on any atom is -0.397 e. The van der Waals surface area contributed by atoms with E-state index in [1.807, 2.05) is 0 Å². The van der Waals surface area contributed by atoms with Gasteiger partial charge in [0, 0.05) is 6.61 Å². The normalized spacial score (nSPS) is 19.9. The van der Waals surface area contributed by atoms with Crippen LogP contribution in [0, 0.1) is 0 Å². The molecule has 11 heavy (non-hydrogen) atoms. The molecule has 0 aromatic heterocycles. The van der Waals surface area contributed by atoms with E-state index in [2.05, 4.69) is 0 Å². The molecule has 1 fully saturated rings. The minimum atomic E-state index is 0.0255. The highest BCUT2D eigenvalue weighted by Crippen LogP contribution is 2.16. The van der Waals surface area contributed by atoms with Crippen LogP contribution < -0.4 is 0 Å². The van der Waals surface area contributed by atoms with Gasteiger partial charge in [-0.2, -0.15) is 0 Å². The number of hydrogen-bond donors (Lipinski definition) is 2. The van der Waals surface area contributed by atoms with Crippen LogP contribution in [0.4, 0.5) is 0 Å². The zero-order valence-corrected chi connectivity index (χ0v) is 7.42. The van der Waals surface area contributed by atoms with Gasteiger partial charge in [-0.05, 0) is 19.8 Å². The largest absolute Gasteiger partial charge is 0.397 e. The van der Waals surface area contributed by atoms with Crippen LogP contribution in [0.3, 0.4) is 0 Å². The Kier molecular flexibility index (Phi) is 7.96. The summed E-state index contributed by atoms with van der Waals surface area (Å²) in [5, 5.41) is 16.7. The lowest BCUT2D eigenvalue weighted by Crippen LogP contribution is -2.02. The topological polar surface area (TPSA) is 40.5 Å². The second-order valence-electron chi connectivity index (χ2n) is 2.96. The van der Waals surface area contributed by atoms with Crippen LogP contribution in [-0.2, 0) is 0 Å². The maximum Gasteiger partial charge on any atom is 0.0540 e. The molecule has 0 aromatic rings. The van der Waals surface area contributed by atoms with E-state index in [1.165, 1.54) is 25.7 Å². The molecule has 0 bridgehead atoms. The summed E-state index contributed by atoms with van der Waals surface area (Å²) >= 11 is 0. The van der Waals surface area contributed by atoms with E-state index in [4.69, 9.17) is 10.2 Å². The maximum atomic E-state index is 9.09. The molecule has 68 valence electrons. The van der Waals surface area contributed by atoms with Crippen molar-refractivity contribution in [2.45, 2.75) is 51.6 Å². The van der Waals surface area contributed by atoms with Crippen LogP contribution in [0.15, 0.2) is 0 Å². The fourth-order valence-electron chi connectivity index (χ4n) is 1.26. The van der Waals surface area contributed by atoms with Gasteiger partial charge in [-0.1, -0.05) is 25.7 Å². The van der Waals surface area contributed by atoms with Gasteiger partial charge < -0.3 is 10.2 Å². The van der Waals surface area contributed by atoms with Crippen molar-refractivity contribution in [3.63, 3.8) is 0 Å². The molecule has 0 amide bonds.